The quantitative estimate of drug-likeness (QED) is 0.0757. The van der Waals surface area contributed by atoms with Crippen LogP contribution < -0.4 is 20.7 Å². The highest BCUT2D eigenvalue weighted by molar-refractivity contribution is 7.89. The van der Waals surface area contributed by atoms with Crippen molar-refractivity contribution < 1.29 is 45.5 Å². The summed E-state index contributed by atoms with van der Waals surface area (Å²) < 4.78 is 75.4. The molecule has 0 fully saturated rings. The molecular formula is C23H27F3N4O7S. The Hall–Kier alpha value is -3.69. The fourth-order valence-electron chi connectivity index (χ4n) is 3.05. The molecule has 2 aromatic carbocycles. The van der Waals surface area contributed by atoms with Crippen LogP contribution in [0.1, 0.15) is 23.1 Å². The van der Waals surface area contributed by atoms with Gasteiger partial charge in [-0.25, -0.2) is 23.5 Å². The average Bonchev–Trinajstić information content (AvgIpc) is 2.82. The van der Waals surface area contributed by atoms with E-state index in [0.29, 0.717) is 28.9 Å². The maximum absolute atomic E-state index is 13.0. The number of carbonyl (C=O) groups is 2. The number of hydrogen-bond donors (Lipinski definition) is 4. The minimum absolute atomic E-state index is 0.177. The van der Waals surface area contributed by atoms with Crippen molar-refractivity contribution in [1.82, 2.24) is 10.2 Å². The maximum Gasteiger partial charge on any atom is 0.491 e. The summed E-state index contributed by atoms with van der Waals surface area (Å²) in [5, 5.41) is 6.95. The van der Waals surface area contributed by atoms with Gasteiger partial charge >= 0.3 is 18.1 Å². The molecule has 208 valence electrons. The maximum atomic E-state index is 13.0. The first-order valence-corrected chi connectivity index (χ1v) is 12.5. The van der Waals surface area contributed by atoms with Crippen LogP contribution in [0, 0.1) is 19.3 Å². The molecule has 0 aliphatic heterocycles. The number of hydrogen-bond acceptors (Lipinski definition) is 8. The van der Waals surface area contributed by atoms with Crippen LogP contribution in [0.5, 0.6) is 5.75 Å². The molecule has 0 aliphatic carbocycles. The van der Waals surface area contributed by atoms with Crippen LogP contribution >= 0.6 is 0 Å². The molecule has 2 aromatic rings. The summed E-state index contributed by atoms with van der Waals surface area (Å²) in [5.41, 5.74) is 8.51. The van der Waals surface area contributed by atoms with Gasteiger partial charge in [-0.2, -0.15) is 17.9 Å². The number of nitrogens with two attached hydrogens (primary N) is 1. The first-order valence-electron chi connectivity index (χ1n) is 11.0. The predicted molar refractivity (Wildman–Crippen MR) is 128 cm³/mol. The molecule has 11 nitrogen and oxygen atoms in total. The summed E-state index contributed by atoms with van der Waals surface area (Å²) in [6.07, 6.45) is -5.42. The molecule has 0 saturated carbocycles. The van der Waals surface area contributed by atoms with Gasteiger partial charge in [0.15, 0.2) is 0 Å². The third kappa shape index (κ3) is 9.64. The molecule has 0 bridgehead atoms. The molecule has 0 aromatic heterocycles. The molecule has 0 heterocycles. The molecule has 38 heavy (non-hydrogen) atoms. The van der Waals surface area contributed by atoms with E-state index in [2.05, 4.69) is 14.9 Å². The fourth-order valence-corrected chi connectivity index (χ4v) is 4.56. The lowest BCUT2D eigenvalue weighted by Crippen LogP contribution is -2.45. The summed E-state index contributed by atoms with van der Waals surface area (Å²) in [5.74, 6) is -4.40. The Labute approximate surface area is 217 Å². The second-order valence-corrected chi connectivity index (χ2v) is 9.75. The normalized spacial score (nSPS) is 12.4. The second kappa shape index (κ2) is 13.2. The van der Waals surface area contributed by atoms with E-state index in [1.54, 1.807) is 13.0 Å². The third-order valence-electron chi connectivity index (χ3n) is 4.84. The van der Waals surface area contributed by atoms with E-state index in [4.69, 9.17) is 20.7 Å². The van der Waals surface area contributed by atoms with Gasteiger partial charge in [-0.15, -0.1) is 0 Å². The summed E-state index contributed by atoms with van der Waals surface area (Å²) in [6.45, 7) is 3.60. The van der Waals surface area contributed by atoms with Crippen LogP contribution in [0.3, 0.4) is 0 Å². The minimum Gasteiger partial charge on any atom is -0.494 e. The number of guanidine groups is 1. The highest BCUT2D eigenvalue weighted by atomic mass is 32.2. The molecule has 5 N–H and O–H groups in total. The number of aryl methyl sites for hydroxylation is 2. The lowest BCUT2D eigenvalue weighted by atomic mass is 10.1. The number of alkyl halides is 3. The van der Waals surface area contributed by atoms with Gasteiger partial charge in [-0.05, 0) is 55.2 Å². The van der Waals surface area contributed by atoms with Crippen LogP contribution in [0.2, 0.25) is 0 Å². The number of sulfonamides is 1. The summed E-state index contributed by atoms with van der Waals surface area (Å²) in [4.78, 5) is 28.4. The van der Waals surface area contributed by atoms with E-state index in [-0.39, 0.29) is 24.1 Å². The van der Waals surface area contributed by atoms with Crippen LogP contribution in [0.25, 0.3) is 0 Å². The van der Waals surface area contributed by atoms with E-state index >= 15 is 0 Å². The number of ether oxygens (including phenoxy) is 2. The van der Waals surface area contributed by atoms with Crippen LogP contribution in [0.4, 0.5) is 13.2 Å². The number of rotatable bonds is 12. The summed E-state index contributed by atoms with van der Waals surface area (Å²) in [7, 11) is -4.39. The van der Waals surface area contributed by atoms with Crippen molar-refractivity contribution in [3.63, 3.8) is 0 Å². The average molecular weight is 561 g/mol. The highest BCUT2D eigenvalue weighted by Gasteiger charge is 2.44. The van der Waals surface area contributed by atoms with Crippen molar-refractivity contribution in [2.45, 2.75) is 43.8 Å². The molecule has 0 unspecified atom stereocenters. The Morgan fingerprint density at radius 1 is 1.08 bits per heavy atom. The van der Waals surface area contributed by atoms with Crippen molar-refractivity contribution in [2.24, 2.45) is 5.73 Å². The SMILES string of the molecule is Cc1ccc(C)c(S(=O)(=O)N[C@@H](Cc2ccc(OCCCONC(=N)N)cc2)C(=O)OC(=O)C(F)(F)F)c1. The van der Waals surface area contributed by atoms with Gasteiger partial charge in [-0.3, -0.25) is 10.2 Å². The molecule has 0 radical (unpaired) electrons. The van der Waals surface area contributed by atoms with E-state index in [0.717, 1.165) is 0 Å². The zero-order valence-corrected chi connectivity index (χ0v) is 21.2. The van der Waals surface area contributed by atoms with E-state index in [1.165, 1.54) is 43.3 Å². The number of carbonyl (C=O) groups excluding carboxylic acids is 2. The first kappa shape index (κ1) is 30.5. The standard InChI is InChI=1S/C23H27F3N4O7S/c1-14-4-5-15(2)19(12-14)38(33,34)30-18(20(31)37-21(32)23(24,25)26)13-16-6-8-17(9-7-16)35-10-3-11-36-29-22(27)28/h4-9,12,18,30H,3,10-11,13H2,1-2H3,(H4,27,28,29)/t18-/m0/s1. The Morgan fingerprint density at radius 2 is 1.74 bits per heavy atom. The monoisotopic (exact) mass is 560 g/mol. The minimum atomic E-state index is -5.45. The van der Waals surface area contributed by atoms with Gasteiger partial charge in [0.05, 0.1) is 18.1 Å². The number of halogens is 3. The molecular weight excluding hydrogens is 533 g/mol. The van der Waals surface area contributed by atoms with Gasteiger partial charge in [0.2, 0.25) is 16.0 Å². The zero-order chi connectivity index (χ0) is 28.5. The fraction of sp³-hybridized carbons (Fsp3) is 0.348. The highest BCUT2D eigenvalue weighted by Crippen LogP contribution is 2.21. The van der Waals surface area contributed by atoms with Crippen molar-refractivity contribution in [3.05, 3.63) is 59.2 Å². The Morgan fingerprint density at radius 3 is 2.34 bits per heavy atom. The molecule has 0 saturated heterocycles. The molecule has 2 rings (SSSR count). The van der Waals surface area contributed by atoms with Gasteiger partial charge < -0.3 is 15.2 Å². The Bertz CT molecular complexity index is 1250. The van der Waals surface area contributed by atoms with Crippen LogP contribution in [-0.4, -0.2) is 51.7 Å². The van der Waals surface area contributed by atoms with Crippen molar-refractivity contribution >= 4 is 27.9 Å². The zero-order valence-electron chi connectivity index (χ0n) is 20.4. The van der Waals surface area contributed by atoms with Gasteiger partial charge in [0.1, 0.15) is 11.8 Å². The van der Waals surface area contributed by atoms with Crippen LogP contribution in [0.15, 0.2) is 47.4 Å². The molecule has 0 aliphatic rings. The lowest BCUT2D eigenvalue weighted by Gasteiger charge is -2.19. The van der Waals surface area contributed by atoms with Gasteiger partial charge in [0.25, 0.3) is 0 Å². The first-order chi connectivity index (χ1) is 17.7. The van der Waals surface area contributed by atoms with Crippen LogP contribution in [-0.2, 0) is 35.6 Å². The molecule has 15 heteroatoms. The Kier molecular flexibility index (Phi) is 10.6. The summed E-state index contributed by atoms with van der Waals surface area (Å²) >= 11 is 0. The van der Waals surface area contributed by atoms with Crippen molar-refractivity contribution in [1.29, 1.82) is 5.41 Å². The third-order valence-corrected chi connectivity index (χ3v) is 6.46. The van der Waals surface area contributed by atoms with Gasteiger partial charge in [-0.1, -0.05) is 24.3 Å². The lowest BCUT2D eigenvalue weighted by molar-refractivity contribution is -0.202. The van der Waals surface area contributed by atoms with E-state index in [1.807, 2.05) is 0 Å². The Balaban J connectivity index is 2.15. The smallest absolute Gasteiger partial charge is 0.491 e. The van der Waals surface area contributed by atoms with E-state index in [9.17, 15) is 31.2 Å². The molecule has 0 amide bonds. The number of nitrogens with one attached hydrogen (secondary N) is 3. The summed E-state index contributed by atoms with van der Waals surface area (Å²) in [6, 6.07) is 8.66. The molecule has 0 spiro atoms. The largest absolute Gasteiger partial charge is 0.494 e. The topological polar surface area (TPSA) is 170 Å². The number of esters is 2. The second-order valence-electron chi connectivity index (χ2n) is 8.06. The molecule has 1 atom stereocenters. The predicted octanol–water partition coefficient (Wildman–Crippen LogP) is 2.01. The van der Waals surface area contributed by atoms with Crippen molar-refractivity contribution in [2.75, 3.05) is 13.2 Å². The van der Waals surface area contributed by atoms with E-state index < -0.39 is 40.6 Å². The number of hydroxylamine groups is 1. The van der Waals surface area contributed by atoms with Gasteiger partial charge in [0, 0.05) is 6.42 Å². The number of benzene rings is 2. The van der Waals surface area contributed by atoms with Crippen molar-refractivity contribution in [3.8, 4) is 5.75 Å².